The van der Waals surface area contributed by atoms with Crippen molar-refractivity contribution in [1.82, 2.24) is 9.78 Å². The van der Waals surface area contributed by atoms with Crippen LogP contribution in [0.5, 0.6) is 0 Å². The molecule has 1 aromatic carbocycles. The Hall–Kier alpha value is -1.88. The maximum Gasteiger partial charge on any atom is 0.146 e. The highest BCUT2D eigenvalue weighted by atomic mass is 19.1. The fourth-order valence-electron chi connectivity index (χ4n) is 2.15. The molecular weight excluding hydrogens is 243 g/mol. The van der Waals surface area contributed by atoms with E-state index in [2.05, 4.69) is 5.10 Å². The molecule has 2 aromatic rings. The zero-order valence-corrected chi connectivity index (χ0v) is 11.3. The van der Waals surface area contributed by atoms with Crippen molar-refractivity contribution in [3.63, 3.8) is 0 Å². The minimum Gasteiger partial charge on any atom is -0.364 e. The number of para-hydroxylation sites is 1. The molecule has 0 radical (unpaired) electrons. The minimum absolute atomic E-state index is 0.0859. The van der Waals surface area contributed by atoms with Crippen molar-refractivity contribution in [1.29, 1.82) is 0 Å². The number of anilines is 1. The van der Waals surface area contributed by atoms with E-state index < -0.39 is 0 Å². The third-order valence-corrected chi connectivity index (χ3v) is 3.29. The molecule has 1 aromatic heterocycles. The van der Waals surface area contributed by atoms with Crippen LogP contribution in [0.25, 0.3) is 0 Å². The van der Waals surface area contributed by atoms with E-state index in [0.29, 0.717) is 12.2 Å². The van der Waals surface area contributed by atoms with Crippen molar-refractivity contribution in [2.45, 2.75) is 19.5 Å². The van der Waals surface area contributed by atoms with Crippen molar-refractivity contribution < 1.29 is 4.39 Å². The monoisotopic (exact) mass is 262 g/mol. The second-order valence-corrected chi connectivity index (χ2v) is 4.44. The number of aryl methyl sites for hydroxylation is 1. The molecule has 0 spiro atoms. The highest BCUT2D eigenvalue weighted by molar-refractivity contribution is 5.49. The van der Waals surface area contributed by atoms with Crippen LogP contribution in [0, 0.1) is 5.82 Å². The number of aromatic nitrogens is 2. The van der Waals surface area contributed by atoms with Crippen LogP contribution in [0.3, 0.4) is 0 Å². The minimum atomic E-state index is -0.244. The highest BCUT2D eigenvalue weighted by Gasteiger charge is 2.19. The largest absolute Gasteiger partial charge is 0.364 e. The number of hydrogen-bond donors (Lipinski definition) is 1. The van der Waals surface area contributed by atoms with Crippen LogP contribution < -0.4 is 10.6 Å². The van der Waals surface area contributed by atoms with Gasteiger partial charge in [0.25, 0.3) is 0 Å². The van der Waals surface area contributed by atoms with Gasteiger partial charge in [-0.1, -0.05) is 12.1 Å². The molecule has 2 rings (SSSR count). The number of hydrogen-bond acceptors (Lipinski definition) is 3. The normalized spacial score (nSPS) is 12.4. The van der Waals surface area contributed by atoms with E-state index in [1.54, 1.807) is 18.3 Å². The Kier molecular flexibility index (Phi) is 4.16. The molecule has 0 saturated heterocycles. The van der Waals surface area contributed by atoms with Gasteiger partial charge in [0.15, 0.2) is 0 Å². The predicted octanol–water partition coefficient (Wildman–Crippen LogP) is 2.18. The topological polar surface area (TPSA) is 47.1 Å². The van der Waals surface area contributed by atoms with Crippen LogP contribution in [0.1, 0.15) is 18.5 Å². The fourth-order valence-corrected chi connectivity index (χ4v) is 2.15. The van der Waals surface area contributed by atoms with Crippen LogP contribution in [0.2, 0.25) is 0 Å². The lowest BCUT2D eigenvalue weighted by molar-refractivity contribution is 0.602. The second-order valence-electron chi connectivity index (χ2n) is 4.44. The molecule has 1 atom stereocenters. The zero-order valence-electron chi connectivity index (χ0n) is 11.3. The van der Waals surface area contributed by atoms with Gasteiger partial charge in [-0.05, 0) is 19.1 Å². The predicted molar refractivity (Wildman–Crippen MR) is 74.5 cm³/mol. The first-order valence-corrected chi connectivity index (χ1v) is 6.37. The molecule has 4 nitrogen and oxygen atoms in total. The molecule has 0 aliphatic rings. The lowest BCUT2D eigenvalue weighted by Gasteiger charge is -2.28. The van der Waals surface area contributed by atoms with Gasteiger partial charge in [0, 0.05) is 31.9 Å². The Morgan fingerprint density at radius 1 is 1.42 bits per heavy atom. The van der Waals surface area contributed by atoms with E-state index in [0.717, 1.165) is 12.1 Å². The van der Waals surface area contributed by atoms with E-state index >= 15 is 0 Å². The smallest absolute Gasteiger partial charge is 0.146 e. The van der Waals surface area contributed by atoms with Crippen LogP contribution in [0.4, 0.5) is 10.1 Å². The summed E-state index contributed by atoms with van der Waals surface area (Å²) < 4.78 is 15.7. The number of halogens is 1. The van der Waals surface area contributed by atoms with Gasteiger partial charge in [0.05, 0.1) is 17.9 Å². The highest BCUT2D eigenvalue weighted by Crippen LogP contribution is 2.26. The van der Waals surface area contributed by atoms with Crippen molar-refractivity contribution >= 4 is 5.69 Å². The quantitative estimate of drug-likeness (QED) is 0.898. The first-order valence-electron chi connectivity index (χ1n) is 6.37. The Morgan fingerprint density at radius 3 is 2.74 bits per heavy atom. The lowest BCUT2D eigenvalue weighted by atomic mass is 10.1. The van der Waals surface area contributed by atoms with Crippen molar-refractivity contribution in [3.8, 4) is 0 Å². The molecule has 0 aliphatic carbocycles. The Bertz CT molecular complexity index is 538. The summed E-state index contributed by atoms with van der Waals surface area (Å²) in [6.45, 7) is 3.23. The van der Waals surface area contributed by atoms with Crippen LogP contribution >= 0.6 is 0 Å². The molecule has 0 amide bonds. The molecule has 5 heteroatoms. The number of likely N-dealkylation sites (N-methyl/N-ethyl adjacent to an activating group) is 1. The van der Waals surface area contributed by atoms with E-state index in [-0.39, 0.29) is 11.9 Å². The van der Waals surface area contributed by atoms with Gasteiger partial charge in [-0.3, -0.25) is 4.68 Å². The van der Waals surface area contributed by atoms with Gasteiger partial charge >= 0.3 is 0 Å². The average Bonchev–Trinajstić information content (AvgIpc) is 2.88. The van der Waals surface area contributed by atoms with Gasteiger partial charge in [0.1, 0.15) is 5.82 Å². The number of rotatable bonds is 5. The molecule has 1 unspecified atom stereocenters. The maximum absolute atomic E-state index is 13.8. The van der Waals surface area contributed by atoms with E-state index in [4.69, 9.17) is 5.73 Å². The SMILES string of the molecule is CCn1cc(C(CN)N(C)c2ccccc2F)cn1. The molecule has 1 heterocycles. The number of nitrogens with two attached hydrogens (primary N) is 1. The lowest BCUT2D eigenvalue weighted by Crippen LogP contribution is -2.30. The molecule has 0 fully saturated rings. The summed E-state index contributed by atoms with van der Waals surface area (Å²) in [6.07, 6.45) is 3.74. The summed E-state index contributed by atoms with van der Waals surface area (Å²) in [7, 11) is 1.85. The summed E-state index contributed by atoms with van der Waals surface area (Å²) in [6, 6.07) is 6.62. The van der Waals surface area contributed by atoms with Gasteiger partial charge in [-0.15, -0.1) is 0 Å². The second kappa shape index (κ2) is 5.84. The van der Waals surface area contributed by atoms with Crippen LogP contribution in [0.15, 0.2) is 36.7 Å². The van der Waals surface area contributed by atoms with Gasteiger partial charge in [0.2, 0.25) is 0 Å². The van der Waals surface area contributed by atoms with Crippen LogP contribution in [-0.4, -0.2) is 23.4 Å². The Labute approximate surface area is 112 Å². The summed E-state index contributed by atoms with van der Waals surface area (Å²) in [4.78, 5) is 1.85. The molecule has 0 aliphatic heterocycles. The Balaban J connectivity index is 2.29. The van der Waals surface area contributed by atoms with Gasteiger partial charge < -0.3 is 10.6 Å². The molecular formula is C14H19FN4. The standard InChI is InChI=1S/C14H19FN4/c1-3-19-10-11(9-17-19)14(8-16)18(2)13-7-5-4-6-12(13)15/h4-7,9-10,14H,3,8,16H2,1-2H3. The third-order valence-electron chi connectivity index (χ3n) is 3.29. The summed E-state index contributed by atoms with van der Waals surface area (Å²) in [5.41, 5.74) is 7.38. The summed E-state index contributed by atoms with van der Waals surface area (Å²) in [5, 5.41) is 4.24. The first-order chi connectivity index (χ1) is 9.17. The Morgan fingerprint density at radius 2 is 2.16 bits per heavy atom. The molecule has 0 bridgehead atoms. The fraction of sp³-hybridized carbons (Fsp3) is 0.357. The third kappa shape index (κ3) is 2.76. The van der Waals surface area contributed by atoms with Crippen molar-refractivity contribution in [2.75, 3.05) is 18.5 Å². The van der Waals surface area contributed by atoms with E-state index in [1.165, 1.54) is 6.07 Å². The molecule has 19 heavy (non-hydrogen) atoms. The number of nitrogens with zero attached hydrogens (tertiary/aromatic N) is 3. The molecule has 102 valence electrons. The summed E-state index contributed by atoms with van der Waals surface area (Å²) in [5.74, 6) is -0.244. The first kappa shape index (κ1) is 13.5. The molecule has 2 N–H and O–H groups in total. The summed E-state index contributed by atoms with van der Waals surface area (Å²) >= 11 is 0. The van der Waals surface area contributed by atoms with Crippen molar-refractivity contribution in [2.24, 2.45) is 5.73 Å². The van der Waals surface area contributed by atoms with Crippen LogP contribution in [-0.2, 0) is 6.54 Å². The molecule has 0 saturated carbocycles. The van der Waals surface area contributed by atoms with Gasteiger partial charge in [-0.25, -0.2) is 4.39 Å². The average molecular weight is 262 g/mol. The van der Waals surface area contributed by atoms with Crippen molar-refractivity contribution in [3.05, 3.63) is 48.0 Å². The van der Waals surface area contributed by atoms with E-state index in [1.807, 2.05) is 35.8 Å². The maximum atomic E-state index is 13.8. The zero-order chi connectivity index (χ0) is 13.8. The van der Waals surface area contributed by atoms with Gasteiger partial charge in [-0.2, -0.15) is 5.10 Å². The van der Waals surface area contributed by atoms with E-state index in [9.17, 15) is 4.39 Å². The number of benzene rings is 1.